The van der Waals surface area contributed by atoms with E-state index in [9.17, 15) is 9.59 Å². The van der Waals surface area contributed by atoms with Crippen molar-refractivity contribution in [1.29, 1.82) is 0 Å². The summed E-state index contributed by atoms with van der Waals surface area (Å²) in [5.74, 6) is -0.0437. The molecular formula is C27H26N2O3. The maximum atomic E-state index is 13.5. The molecule has 0 radical (unpaired) electrons. The molecule has 0 bridgehead atoms. The number of hydrogen-bond acceptors (Lipinski definition) is 4. The summed E-state index contributed by atoms with van der Waals surface area (Å²) in [7, 11) is 0. The molecule has 0 atom stereocenters. The van der Waals surface area contributed by atoms with Crippen molar-refractivity contribution in [3.05, 3.63) is 94.7 Å². The van der Waals surface area contributed by atoms with Crippen molar-refractivity contribution in [2.75, 3.05) is 16.8 Å². The van der Waals surface area contributed by atoms with E-state index >= 15 is 0 Å². The first-order valence-electron chi connectivity index (χ1n) is 10.7. The average molecular weight is 427 g/mol. The third-order valence-electron chi connectivity index (χ3n) is 5.61. The number of ether oxygens (including phenoxy) is 1. The van der Waals surface area contributed by atoms with Gasteiger partial charge in [0.1, 0.15) is 11.4 Å². The van der Waals surface area contributed by atoms with Crippen molar-refractivity contribution < 1.29 is 14.3 Å². The van der Waals surface area contributed by atoms with Gasteiger partial charge in [0.05, 0.1) is 17.9 Å². The highest BCUT2D eigenvalue weighted by molar-refractivity contribution is 6.46. The van der Waals surface area contributed by atoms with Crippen LogP contribution in [0, 0.1) is 20.8 Å². The van der Waals surface area contributed by atoms with Crippen molar-refractivity contribution in [3.8, 4) is 5.75 Å². The van der Waals surface area contributed by atoms with Crippen molar-refractivity contribution in [1.82, 2.24) is 0 Å². The van der Waals surface area contributed by atoms with Gasteiger partial charge in [0, 0.05) is 5.69 Å². The van der Waals surface area contributed by atoms with Crippen LogP contribution in [0.3, 0.4) is 0 Å². The lowest BCUT2D eigenvalue weighted by atomic mass is 10.0. The van der Waals surface area contributed by atoms with Crippen molar-refractivity contribution in [3.63, 3.8) is 0 Å². The Bertz CT molecular complexity index is 1210. The Hall–Kier alpha value is -3.86. The Labute approximate surface area is 188 Å². The third-order valence-corrected chi connectivity index (χ3v) is 5.61. The first-order chi connectivity index (χ1) is 15.4. The second-order valence-electron chi connectivity index (χ2n) is 7.91. The van der Waals surface area contributed by atoms with Gasteiger partial charge in [0.25, 0.3) is 11.8 Å². The van der Waals surface area contributed by atoms with E-state index in [4.69, 9.17) is 4.74 Å². The van der Waals surface area contributed by atoms with E-state index in [0.717, 1.165) is 22.4 Å². The zero-order valence-corrected chi connectivity index (χ0v) is 18.7. The summed E-state index contributed by atoms with van der Waals surface area (Å²) < 4.78 is 5.49. The number of imide groups is 1. The van der Waals surface area contributed by atoms with Crippen LogP contribution in [0.15, 0.2) is 72.4 Å². The van der Waals surface area contributed by atoms with Gasteiger partial charge in [0.15, 0.2) is 0 Å². The Morgan fingerprint density at radius 1 is 0.812 bits per heavy atom. The quantitative estimate of drug-likeness (QED) is 0.536. The third kappa shape index (κ3) is 4.02. The largest absolute Gasteiger partial charge is 0.494 e. The summed E-state index contributed by atoms with van der Waals surface area (Å²) in [6.07, 6.45) is 0. The molecule has 0 fully saturated rings. The molecule has 3 aromatic rings. The Balaban J connectivity index is 1.77. The van der Waals surface area contributed by atoms with Crippen LogP contribution < -0.4 is 15.0 Å². The highest BCUT2D eigenvalue weighted by atomic mass is 16.5. The molecule has 0 saturated heterocycles. The summed E-state index contributed by atoms with van der Waals surface area (Å²) in [6, 6.07) is 20.5. The first-order valence-corrected chi connectivity index (χ1v) is 10.7. The standard InChI is InChI=1S/C27H26N2O3/c1-5-32-23-14-12-22(13-15-23)29-26(30)24(20-9-6-17(2)7-10-20)25(27(29)31)28-21-11-8-18(3)19(4)16-21/h6-16,28H,5H2,1-4H3. The molecule has 0 aliphatic carbocycles. The fourth-order valence-corrected chi connectivity index (χ4v) is 3.69. The van der Waals surface area contributed by atoms with Crippen LogP contribution in [0.1, 0.15) is 29.2 Å². The van der Waals surface area contributed by atoms with Crippen LogP contribution in [-0.4, -0.2) is 18.4 Å². The van der Waals surface area contributed by atoms with Crippen LogP contribution in [0.2, 0.25) is 0 Å². The molecule has 0 aromatic heterocycles. The number of anilines is 2. The fraction of sp³-hybridized carbons (Fsp3) is 0.185. The molecular weight excluding hydrogens is 400 g/mol. The van der Waals surface area contributed by atoms with Crippen LogP contribution in [0.4, 0.5) is 11.4 Å². The van der Waals surface area contributed by atoms with Crippen LogP contribution >= 0.6 is 0 Å². The number of carbonyl (C=O) groups is 2. The average Bonchev–Trinajstić information content (AvgIpc) is 3.02. The molecule has 1 N–H and O–H groups in total. The molecule has 1 aliphatic rings. The van der Waals surface area contributed by atoms with Crippen molar-refractivity contribution in [2.24, 2.45) is 0 Å². The second kappa shape index (κ2) is 8.71. The van der Waals surface area contributed by atoms with Gasteiger partial charge in [0.2, 0.25) is 0 Å². The fourth-order valence-electron chi connectivity index (χ4n) is 3.69. The maximum Gasteiger partial charge on any atom is 0.282 e. The second-order valence-corrected chi connectivity index (χ2v) is 7.91. The molecule has 0 saturated carbocycles. The molecule has 4 rings (SSSR count). The van der Waals surface area contributed by atoms with E-state index in [2.05, 4.69) is 5.32 Å². The summed E-state index contributed by atoms with van der Waals surface area (Å²) in [5, 5.41) is 3.23. The van der Waals surface area contributed by atoms with E-state index in [1.165, 1.54) is 4.90 Å². The zero-order chi connectivity index (χ0) is 22.8. The molecule has 2 amide bonds. The number of benzene rings is 3. The van der Waals surface area contributed by atoms with Gasteiger partial charge in [-0.2, -0.15) is 0 Å². The van der Waals surface area contributed by atoms with Crippen LogP contribution in [0.5, 0.6) is 5.75 Å². The van der Waals surface area contributed by atoms with Gasteiger partial charge in [-0.1, -0.05) is 35.9 Å². The van der Waals surface area contributed by atoms with Crippen LogP contribution in [-0.2, 0) is 9.59 Å². The summed E-state index contributed by atoms with van der Waals surface area (Å²) >= 11 is 0. The van der Waals surface area contributed by atoms with Gasteiger partial charge < -0.3 is 10.1 Å². The minimum absolute atomic E-state index is 0.274. The number of carbonyl (C=O) groups excluding carboxylic acids is 2. The van der Waals surface area contributed by atoms with E-state index in [0.29, 0.717) is 29.2 Å². The van der Waals surface area contributed by atoms with Gasteiger partial charge >= 0.3 is 0 Å². The number of rotatable bonds is 6. The first kappa shape index (κ1) is 21.4. The molecule has 5 heteroatoms. The SMILES string of the molecule is CCOc1ccc(N2C(=O)C(Nc3ccc(C)c(C)c3)=C(c3ccc(C)cc3)C2=O)cc1. The Morgan fingerprint density at radius 2 is 1.50 bits per heavy atom. The Kier molecular flexibility index (Phi) is 5.82. The van der Waals surface area contributed by atoms with Gasteiger partial charge in [-0.25, -0.2) is 4.90 Å². The smallest absolute Gasteiger partial charge is 0.282 e. The number of aryl methyl sites for hydroxylation is 3. The van der Waals surface area contributed by atoms with Crippen molar-refractivity contribution in [2.45, 2.75) is 27.7 Å². The predicted octanol–water partition coefficient (Wildman–Crippen LogP) is 5.41. The minimum Gasteiger partial charge on any atom is -0.494 e. The lowest BCUT2D eigenvalue weighted by molar-refractivity contribution is -0.120. The molecule has 162 valence electrons. The summed E-state index contributed by atoms with van der Waals surface area (Å²) in [4.78, 5) is 28.2. The van der Waals surface area contributed by atoms with E-state index in [-0.39, 0.29) is 17.5 Å². The normalized spacial score (nSPS) is 13.7. The lowest BCUT2D eigenvalue weighted by Gasteiger charge is -2.16. The molecule has 0 spiro atoms. The summed E-state index contributed by atoms with van der Waals surface area (Å²) in [5.41, 5.74) is 5.96. The predicted molar refractivity (Wildman–Crippen MR) is 128 cm³/mol. The molecule has 3 aromatic carbocycles. The van der Waals surface area contributed by atoms with Crippen LogP contribution in [0.25, 0.3) is 5.57 Å². The lowest BCUT2D eigenvalue weighted by Crippen LogP contribution is -2.32. The van der Waals surface area contributed by atoms with Crippen molar-refractivity contribution >= 4 is 28.8 Å². The van der Waals surface area contributed by atoms with Gasteiger partial charge in [-0.3, -0.25) is 9.59 Å². The molecule has 1 heterocycles. The Morgan fingerprint density at radius 3 is 2.12 bits per heavy atom. The molecule has 1 aliphatic heterocycles. The molecule has 0 unspecified atom stereocenters. The highest BCUT2D eigenvalue weighted by Crippen LogP contribution is 2.34. The monoisotopic (exact) mass is 426 g/mol. The molecule has 5 nitrogen and oxygen atoms in total. The minimum atomic E-state index is -0.382. The van der Waals surface area contributed by atoms with Gasteiger partial charge in [-0.15, -0.1) is 0 Å². The molecule has 32 heavy (non-hydrogen) atoms. The topological polar surface area (TPSA) is 58.6 Å². The number of nitrogens with one attached hydrogen (secondary N) is 1. The maximum absolute atomic E-state index is 13.5. The van der Waals surface area contributed by atoms with Gasteiger partial charge in [-0.05, 0) is 80.8 Å². The number of hydrogen-bond donors (Lipinski definition) is 1. The number of amides is 2. The van der Waals surface area contributed by atoms with E-state index < -0.39 is 0 Å². The summed E-state index contributed by atoms with van der Waals surface area (Å²) in [6.45, 7) is 8.49. The number of nitrogens with zero attached hydrogens (tertiary/aromatic N) is 1. The zero-order valence-electron chi connectivity index (χ0n) is 18.7. The van der Waals surface area contributed by atoms with E-state index in [1.54, 1.807) is 24.3 Å². The highest BCUT2D eigenvalue weighted by Gasteiger charge is 2.40. The van der Waals surface area contributed by atoms with E-state index in [1.807, 2.05) is 70.2 Å².